The molecule has 1 aliphatic carbocycles. The first-order valence-corrected chi connectivity index (χ1v) is 19.4. The second-order valence-corrected chi connectivity index (χ2v) is 14.8. The minimum absolute atomic E-state index is 0.632. The number of fused-ring (bicyclic) bond motifs is 9. The third kappa shape index (κ3) is 5.29. The number of rotatable bonds is 5. The van der Waals surface area contributed by atoms with Gasteiger partial charge in [-0.15, -0.1) is 0 Å². The maximum Gasteiger partial charge on any atom is 0.160 e. The van der Waals surface area contributed by atoms with E-state index in [1.54, 1.807) is 0 Å². The molecule has 0 saturated carbocycles. The van der Waals surface area contributed by atoms with Crippen molar-refractivity contribution in [3.05, 3.63) is 228 Å². The van der Waals surface area contributed by atoms with E-state index in [-0.39, 0.29) is 0 Å². The fourth-order valence-corrected chi connectivity index (χ4v) is 8.93. The van der Waals surface area contributed by atoms with Crippen molar-refractivity contribution in [1.82, 2.24) is 9.97 Å². The molecule has 0 amide bonds. The summed E-state index contributed by atoms with van der Waals surface area (Å²) in [4.78, 5) is 10.6. The fraction of sp³-hybridized carbons (Fsp3) is 0.0185. The number of nitrogens with zero attached hydrogens (tertiary/aromatic N) is 3. The Balaban J connectivity index is 1.14. The van der Waals surface area contributed by atoms with E-state index in [2.05, 4.69) is 158 Å². The van der Waals surface area contributed by atoms with Crippen LogP contribution >= 0.6 is 0 Å². The second-order valence-electron chi connectivity index (χ2n) is 14.8. The molecule has 1 aliphatic heterocycles. The molecule has 0 saturated heterocycles. The zero-order valence-electron chi connectivity index (χ0n) is 31.3. The third-order valence-electron chi connectivity index (χ3n) is 11.6. The Bertz CT molecular complexity index is 3050. The Morgan fingerprint density at radius 2 is 0.862 bits per heavy atom. The summed E-state index contributed by atoms with van der Waals surface area (Å²) in [6.07, 6.45) is 0. The van der Waals surface area contributed by atoms with Crippen LogP contribution < -0.4 is 4.74 Å². The third-order valence-corrected chi connectivity index (χ3v) is 11.6. The molecule has 0 radical (unpaired) electrons. The molecule has 4 nitrogen and oxygen atoms in total. The number of nitriles is 1. The van der Waals surface area contributed by atoms with Crippen molar-refractivity contribution in [1.29, 1.82) is 5.26 Å². The lowest BCUT2D eigenvalue weighted by Crippen LogP contribution is -2.32. The van der Waals surface area contributed by atoms with Crippen LogP contribution in [0.4, 0.5) is 0 Å². The van der Waals surface area contributed by atoms with Gasteiger partial charge in [0, 0.05) is 27.8 Å². The molecular weight excluding hydrogens is 707 g/mol. The number of ether oxygens (including phenoxy) is 1. The largest absolute Gasteiger partial charge is 0.457 e. The number of hydrogen-bond acceptors (Lipinski definition) is 4. The van der Waals surface area contributed by atoms with Gasteiger partial charge in [0.1, 0.15) is 11.5 Å². The van der Waals surface area contributed by atoms with Crippen LogP contribution in [0.3, 0.4) is 0 Å². The van der Waals surface area contributed by atoms with Crippen LogP contribution in [0.5, 0.6) is 11.5 Å². The van der Waals surface area contributed by atoms with Gasteiger partial charge < -0.3 is 4.74 Å². The molecule has 58 heavy (non-hydrogen) atoms. The lowest BCUT2D eigenvalue weighted by molar-refractivity contribution is 0.436. The van der Waals surface area contributed by atoms with E-state index in [9.17, 15) is 5.26 Å². The lowest BCUT2D eigenvalue weighted by atomic mass is 9.65. The highest BCUT2D eigenvalue weighted by atomic mass is 16.5. The summed E-state index contributed by atoms with van der Waals surface area (Å²) in [6, 6.07) is 71.9. The monoisotopic (exact) mass is 739 g/mol. The highest BCUT2D eigenvalue weighted by Gasteiger charge is 2.51. The predicted molar refractivity (Wildman–Crippen MR) is 231 cm³/mol. The summed E-state index contributed by atoms with van der Waals surface area (Å²) >= 11 is 0. The van der Waals surface area contributed by atoms with Gasteiger partial charge in [-0.2, -0.15) is 5.26 Å². The van der Waals surface area contributed by atoms with Crippen molar-refractivity contribution in [3.8, 4) is 84.9 Å². The molecular formula is C54H33N3O. The second kappa shape index (κ2) is 13.4. The Kier molecular flexibility index (Phi) is 7.74. The first kappa shape index (κ1) is 33.5. The van der Waals surface area contributed by atoms with Gasteiger partial charge in [-0.1, -0.05) is 146 Å². The zero-order chi connectivity index (χ0) is 38.6. The van der Waals surface area contributed by atoms with Gasteiger partial charge in [-0.05, 0) is 99.1 Å². The quantitative estimate of drug-likeness (QED) is 0.176. The highest BCUT2D eigenvalue weighted by Crippen LogP contribution is 2.62. The molecule has 0 atom stereocenters. The van der Waals surface area contributed by atoms with Crippen molar-refractivity contribution in [3.63, 3.8) is 0 Å². The molecule has 270 valence electrons. The van der Waals surface area contributed by atoms with Crippen LogP contribution in [-0.4, -0.2) is 9.97 Å². The van der Waals surface area contributed by atoms with Gasteiger partial charge in [-0.3, -0.25) is 0 Å². The maximum absolute atomic E-state index is 9.51. The standard InChI is InChI=1S/C54H33N3O/c55-34-35-22-24-37(25-23-35)40-26-28-51-47(31-40)54(45-20-9-7-18-43(45)44-19-8-10-21-46(44)54)48-32-42(27-29-52(48)58-51)53-56-49(38-14-5-2-6-15-38)33-50(57-53)41-17-11-16-39(30-41)36-12-3-1-4-13-36/h1-33H. The van der Waals surface area contributed by atoms with Crippen molar-refractivity contribution in [2.45, 2.75) is 5.41 Å². The van der Waals surface area contributed by atoms with Crippen molar-refractivity contribution in [2.75, 3.05) is 0 Å². The van der Waals surface area contributed by atoms with E-state index >= 15 is 0 Å². The summed E-state index contributed by atoms with van der Waals surface area (Å²) < 4.78 is 6.87. The van der Waals surface area contributed by atoms with Crippen molar-refractivity contribution in [2.24, 2.45) is 0 Å². The molecule has 0 unspecified atom stereocenters. The Morgan fingerprint density at radius 3 is 1.52 bits per heavy atom. The number of aromatic nitrogens is 2. The summed E-state index contributed by atoms with van der Waals surface area (Å²) in [5, 5.41) is 9.51. The summed E-state index contributed by atoms with van der Waals surface area (Å²) in [5.41, 5.74) is 15.8. The molecule has 0 N–H and O–H groups in total. The van der Waals surface area contributed by atoms with Crippen LogP contribution in [0.2, 0.25) is 0 Å². The minimum atomic E-state index is -0.696. The Labute approximate surface area is 337 Å². The zero-order valence-corrected chi connectivity index (χ0v) is 31.3. The number of benzene rings is 8. The average Bonchev–Trinajstić information content (AvgIpc) is 3.60. The average molecular weight is 740 g/mol. The fourth-order valence-electron chi connectivity index (χ4n) is 8.93. The van der Waals surface area contributed by atoms with E-state index < -0.39 is 5.41 Å². The molecule has 1 spiro atoms. The maximum atomic E-state index is 9.51. The lowest BCUT2D eigenvalue weighted by Gasteiger charge is -2.40. The Morgan fingerprint density at radius 1 is 0.379 bits per heavy atom. The molecule has 0 bridgehead atoms. The van der Waals surface area contributed by atoms with Gasteiger partial charge in [0.05, 0.1) is 28.4 Å². The van der Waals surface area contributed by atoms with Gasteiger partial charge >= 0.3 is 0 Å². The van der Waals surface area contributed by atoms with Crippen LogP contribution in [0.1, 0.15) is 27.8 Å². The molecule has 8 aromatic carbocycles. The first-order chi connectivity index (χ1) is 28.7. The predicted octanol–water partition coefficient (Wildman–Crippen LogP) is 13.2. The summed E-state index contributed by atoms with van der Waals surface area (Å²) in [5.74, 6) is 2.24. The van der Waals surface area contributed by atoms with Gasteiger partial charge in [0.2, 0.25) is 0 Å². The van der Waals surface area contributed by atoms with E-state index in [1.807, 2.05) is 48.5 Å². The van der Waals surface area contributed by atoms with Crippen LogP contribution in [0.15, 0.2) is 200 Å². The van der Waals surface area contributed by atoms with Crippen LogP contribution in [0.25, 0.3) is 67.3 Å². The van der Waals surface area contributed by atoms with E-state index in [4.69, 9.17) is 14.7 Å². The molecule has 11 rings (SSSR count). The van der Waals surface area contributed by atoms with E-state index in [0.29, 0.717) is 11.4 Å². The molecule has 1 aromatic heterocycles. The Hall–Kier alpha value is -7.87. The number of hydrogen-bond donors (Lipinski definition) is 0. The van der Waals surface area contributed by atoms with Crippen molar-refractivity contribution >= 4 is 0 Å². The normalized spacial score (nSPS) is 12.7. The topological polar surface area (TPSA) is 58.8 Å². The van der Waals surface area contributed by atoms with E-state index in [0.717, 1.165) is 73.0 Å². The van der Waals surface area contributed by atoms with Gasteiger partial charge in [-0.25, -0.2) is 9.97 Å². The molecule has 0 fully saturated rings. The smallest absolute Gasteiger partial charge is 0.160 e. The summed E-state index contributed by atoms with van der Waals surface area (Å²) in [7, 11) is 0. The molecule has 2 heterocycles. The first-order valence-electron chi connectivity index (χ1n) is 19.4. The molecule has 4 heteroatoms. The van der Waals surface area contributed by atoms with Gasteiger partial charge in [0.25, 0.3) is 0 Å². The summed E-state index contributed by atoms with van der Waals surface area (Å²) in [6.45, 7) is 0. The molecule has 9 aromatic rings. The highest BCUT2D eigenvalue weighted by molar-refractivity contribution is 5.90. The van der Waals surface area contributed by atoms with Crippen LogP contribution in [0, 0.1) is 11.3 Å². The minimum Gasteiger partial charge on any atom is -0.457 e. The SMILES string of the molecule is N#Cc1ccc(-c2ccc3c(c2)C2(c4cc(-c5nc(-c6ccccc6)cc(-c6cccc(-c7ccccc7)c6)n5)ccc4O3)c3ccccc3-c3ccccc32)cc1. The molecule has 2 aliphatic rings. The van der Waals surface area contributed by atoms with Gasteiger partial charge in [0.15, 0.2) is 5.82 Å². The van der Waals surface area contributed by atoms with E-state index in [1.165, 1.54) is 22.3 Å². The van der Waals surface area contributed by atoms with Crippen LogP contribution in [-0.2, 0) is 5.41 Å². The van der Waals surface area contributed by atoms with Crippen molar-refractivity contribution < 1.29 is 4.74 Å².